The second-order valence-corrected chi connectivity index (χ2v) is 2.66. The van der Waals surface area contributed by atoms with Gasteiger partial charge in [0.05, 0.1) is 6.42 Å². The van der Waals surface area contributed by atoms with Gasteiger partial charge in [-0.1, -0.05) is 0 Å². The van der Waals surface area contributed by atoms with Gasteiger partial charge >= 0.3 is 6.18 Å². The highest BCUT2D eigenvalue weighted by Gasteiger charge is 2.37. The van der Waals surface area contributed by atoms with Gasteiger partial charge in [-0.15, -0.1) is 0 Å². The smallest absolute Gasteiger partial charge is 0.322 e. The van der Waals surface area contributed by atoms with Crippen molar-refractivity contribution in [3.05, 3.63) is 11.3 Å². The number of amides is 1. The first-order chi connectivity index (χ1) is 5.82. The predicted octanol–water partition coefficient (Wildman–Crippen LogP) is 0.912. The first-order valence-electron chi connectivity index (χ1n) is 3.43. The standard InChI is InChI=1S/C7H6F3NO2/c1-3(7(8,9)10)4-2-5(12)6(13)11-4/h2H2,1H3,(H,11,13)/b4-3+. The molecule has 13 heavy (non-hydrogen) atoms. The Bertz CT molecular complexity index is 285. The van der Waals surface area contributed by atoms with Gasteiger partial charge in [-0.2, -0.15) is 13.2 Å². The van der Waals surface area contributed by atoms with Crippen LogP contribution in [0.2, 0.25) is 0 Å². The molecule has 0 bridgehead atoms. The molecule has 72 valence electrons. The van der Waals surface area contributed by atoms with Crippen LogP contribution in [0, 0.1) is 0 Å². The fraction of sp³-hybridized carbons (Fsp3) is 0.429. The Hall–Kier alpha value is -1.33. The van der Waals surface area contributed by atoms with Gasteiger partial charge in [0.25, 0.3) is 5.91 Å². The monoisotopic (exact) mass is 193 g/mol. The van der Waals surface area contributed by atoms with Crippen LogP contribution in [-0.2, 0) is 9.59 Å². The van der Waals surface area contributed by atoms with Crippen LogP contribution < -0.4 is 5.32 Å². The molecule has 0 saturated carbocycles. The summed E-state index contributed by atoms with van der Waals surface area (Å²) in [6, 6.07) is 0. The van der Waals surface area contributed by atoms with Crippen molar-refractivity contribution < 1.29 is 22.8 Å². The SMILES string of the molecule is C/C(=C1/CC(=O)C(=O)N1)C(F)(F)F. The van der Waals surface area contributed by atoms with Crippen molar-refractivity contribution in [3.8, 4) is 0 Å². The summed E-state index contributed by atoms with van der Waals surface area (Å²) in [4.78, 5) is 21.2. The van der Waals surface area contributed by atoms with Crippen molar-refractivity contribution in [2.45, 2.75) is 19.5 Å². The maximum atomic E-state index is 12.0. The van der Waals surface area contributed by atoms with Gasteiger partial charge in [-0.25, -0.2) is 0 Å². The number of Topliss-reactive ketones (excluding diaryl/α,β-unsaturated/α-hetero) is 1. The van der Waals surface area contributed by atoms with Crippen LogP contribution >= 0.6 is 0 Å². The predicted molar refractivity (Wildman–Crippen MR) is 36.5 cm³/mol. The van der Waals surface area contributed by atoms with Gasteiger partial charge in [0.1, 0.15) is 0 Å². The van der Waals surface area contributed by atoms with E-state index in [1.54, 1.807) is 0 Å². The normalized spacial score (nSPS) is 21.8. The fourth-order valence-corrected chi connectivity index (χ4v) is 0.889. The molecule has 1 aliphatic rings. The van der Waals surface area contributed by atoms with Crippen LogP contribution in [0.1, 0.15) is 13.3 Å². The number of alkyl halides is 3. The number of carbonyl (C=O) groups excluding carboxylic acids is 2. The van der Waals surface area contributed by atoms with Gasteiger partial charge in [-0.3, -0.25) is 9.59 Å². The molecule has 0 aromatic heterocycles. The average Bonchev–Trinajstić information content (AvgIpc) is 2.29. The molecule has 0 radical (unpaired) electrons. The molecule has 0 unspecified atom stereocenters. The minimum Gasteiger partial charge on any atom is -0.322 e. The van der Waals surface area contributed by atoms with E-state index in [2.05, 4.69) is 0 Å². The third kappa shape index (κ3) is 1.88. The highest BCUT2D eigenvalue weighted by atomic mass is 19.4. The number of hydrogen-bond acceptors (Lipinski definition) is 2. The quantitative estimate of drug-likeness (QED) is 0.581. The Kier molecular flexibility index (Phi) is 2.15. The van der Waals surface area contributed by atoms with Crippen LogP contribution in [0.5, 0.6) is 0 Å². The lowest BCUT2D eigenvalue weighted by atomic mass is 10.2. The van der Waals surface area contributed by atoms with E-state index in [1.165, 1.54) is 0 Å². The molecule has 1 amide bonds. The molecule has 1 heterocycles. The Morgan fingerprint density at radius 1 is 1.38 bits per heavy atom. The third-order valence-electron chi connectivity index (χ3n) is 1.73. The number of rotatable bonds is 0. The summed E-state index contributed by atoms with van der Waals surface area (Å²) in [5.41, 5.74) is -1.27. The van der Waals surface area contributed by atoms with Crippen molar-refractivity contribution in [2.75, 3.05) is 0 Å². The highest BCUT2D eigenvalue weighted by Crippen LogP contribution is 2.29. The molecule has 0 aromatic rings. The number of allylic oxidation sites excluding steroid dienone is 2. The first-order valence-corrected chi connectivity index (χ1v) is 3.43. The maximum Gasteiger partial charge on any atom is 0.414 e. The van der Waals surface area contributed by atoms with E-state index in [1.807, 2.05) is 5.32 Å². The van der Waals surface area contributed by atoms with Crippen LogP contribution in [0.15, 0.2) is 11.3 Å². The molecule has 0 aromatic carbocycles. The molecule has 1 aliphatic heterocycles. The topological polar surface area (TPSA) is 46.2 Å². The molecule has 6 heteroatoms. The molecule has 0 aliphatic carbocycles. The molecule has 1 saturated heterocycles. The lowest BCUT2D eigenvalue weighted by Gasteiger charge is -2.08. The van der Waals surface area contributed by atoms with Gasteiger partial charge in [0, 0.05) is 11.3 Å². The summed E-state index contributed by atoms with van der Waals surface area (Å²) in [5.74, 6) is -1.81. The van der Waals surface area contributed by atoms with Gasteiger partial charge in [0.15, 0.2) is 0 Å². The van der Waals surface area contributed by atoms with Gasteiger partial charge < -0.3 is 5.32 Å². The van der Waals surface area contributed by atoms with E-state index in [-0.39, 0.29) is 5.70 Å². The van der Waals surface area contributed by atoms with Crippen LogP contribution in [0.4, 0.5) is 13.2 Å². The number of ketones is 1. The number of hydrogen-bond donors (Lipinski definition) is 1. The second kappa shape index (κ2) is 2.86. The van der Waals surface area contributed by atoms with Crippen molar-refractivity contribution in [2.24, 2.45) is 0 Å². The van der Waals surface area contributed by atoms with Crippen LogP contribution in [0.25, 0.3) is 0 Å². The molecular weight excluding hydrogens is 187 g/mol. The van der Waals surface area contributed by atoms with Crippen LogP contribution in [0.3, 0.4) is 0 Å². The molecule has 1 rings (SSSR count). The zero-order chi connectivity index (χ0) is 10.2. The van der Waals surface area contributed by atoms with E-state index in [0.717, 1.165) is 6.92 Å². The van der Waals surface area contributed by atoms with Crippen molar-refractivity contribution in [1.82, 2.24) is 5.32 Å². The highest BCUT2D eigenvalue weighted by molar-refractivity contribution is 6.39. The summed E-state index contributed by atoms with van der Waals surface area (Å²) in [6.07, 6.45) is -4.97. The van der Waals surface area contributed by atoms with Gasteiger partial charge in [-0.05, 0) is 6.92 Å². The number of carbonyl (C=O) groups is 2. The molecule has 0 atom stereocenters. The zero-order valence-electron chi connectivity index (χ0n) is 6.66. The molecule has 0 spiro atoms. The van der Waals surface area contributed by atoms with Crippen molar-refractivity contribution in [1.29, 1.82) is 0 Å². The largest absolute Gasteiger partial charge is 0.414 e. The van der Waals surface area contributed by atoms with E-state index >= 15 is 0 Å². The Balaban J connectivity index is 2.97. The van der Waals surface area contributed by atoms with Crippen molar-refractivity contribution in [3.63, 3.8) is 0 Å². The first kappa shape index (κ1) is 9.76. The number of halogens is 3. The Labute approximate surface area is 71.6 Å². The second-order valence-electron chi connectivity index (χ2n) is 2.66. The third-order valence-corrected chi connectivity index (χ3v) is 1.73. The fourth-order valence-electron chi connectivity index (χ4n) is 0.889. The summed E-state index contributed by atoms with van der Waals surface area (Å²) in [5, 5.41) is 1.88. The average molecular weight is 193 g/mol. The molecule has 1 fully saturated rings. The van der Waals surface area contributed by atoms with E-state index in [4.69, 9.17) is 0 Å². The van der Waals surface area contributed by atoms with Gasteiger partial charge in [0.2, 0.25) is 5.78 Å². The Morgan fingerprint density at radius 2 is 1.92 bits per heavy atom. The molecular formula is C7H6F3NO2. The summed E-state index contributed by atoms with van der Waals surface area (Å²) in [6.45, 7) is 0.828. The van der Waals surface area contributed by atoms with Crippen LogP contribution in [-0.4, -0.2) is 17.9 Å². The summed E-state index contributed by atoms with van der Waals surface area (Å²) in [7, 11) is 0. The lowest BCUT2D eigenvalue weighted by molar-refractivity contribution is -0.135. The number of nitrogens with one attached hydrogen (secondary N) is 1. The van der Waals surface area contributed by atoms with E-state index in [0.29, 0.717) is 0 Å². The molecule has 1 N–H and O–H groups in total. The van der Waals surface area contributed by atoms with E-state index < -0.39 is 29.9 Å². The Morgan fingerprint density at radius 3 is 2.23 bits per heavy atom. The maximum absolute atomic E-state index is 12.0. The van der Waals surface area contributed by atoms with Crippen molar-refractivity contribution >= 4 is 11.7 Å². The van der Waals surface area contributed by atoms with E-state index in [9.17, 15) is 22.8 Å². The molecule has 3 nitrogen and oxygen atoms in total. The lowest BCUT2D eigenvalue weighted by Crippen LogP contribution is -2.21. The minimum atomic E-state index is -4.49. The summed E-state index contributed by atoms with van der Waals surface area (Å²) >= 11 is 0. The summed E-state index contributed by atoms with van der Waals surface area (Å²) < 4.78 is 36.1. The zero-order valence-corrected chi connectivity index (χ0v) is 6.66. The minimum absolute atomic E-state index is 0.345.